The highest BCUT2D eigenvalue weighted by atomic mass is 16.4. The number of carboxylic acid groups (broad SMARTS) is 1. The molecule has 0 amide bonds. The highest BCUT2D eigenvalue weighted by Crippen LogP contribution is 2.20. The molecule has 0 bridgehead atoms. The Bertz CT molecular complexity index is 543. The van der Waals surface area contributed by atoms with Gasteiger partial charge in [0.15, 0.2) is 0 Å². The molecule has 5 nitrogen and oxygen atoms in total. The largest absolute Gasteiger partial charge is 0.544 e. The van der Waals surface area contributed by atoms with E-state index in [1.165, 1.54) is 77.0 Å². The number of hydrogen-bond acceptors (Lipinski definition) is 4. The Labute approximate surface area is 184 Å². The molecule has 2 N–H and O–H groups in total. The number of carbonyl (C=O) groups is 1. The van der Waals surface area contributed by atoms with Crippen molar-refractivity contribution in [3.05, 3.63) is 24.6 Å². The minimum atomic E-state index is -1.06. The summed E-state index contributed by atoms with van der Waals surface area (Å²) in [6.45, 7) is 3.15. The van der Waals surface area contributed by atoms with Crippen LogP contribution >= 0.6 is 0 Å². The maximum absolute atomic E-state index is 11.1. The van der Waals surface area contributed by atoms with Gasteiger partial charge in [-0.1, -0.05) is 89.7 Å². The first-order chi connectivity index (χ1) is 14.6. The Morgan fingerprint density at radius 2 is 1.53 bits per heavy atom. The zero-order chi connectivity index (χ0) is 21.9. The first-order valence-corrected chi connectivity index (χ1v) is 12.3. The van der Waals surface area contributed by atoms with Gasteiger partial charge in [0.2, 0.25) is 5.84 Å². The smallest absolute Gasteiger partial charge is 0.208 e. The van der Waals surface area contributed by atoms with Crippen molar-refractivity contribution in [2.45, 2.75) is 103 Å². The fourth-order valence-corrected chi connectivity index (χ4v) is 4.17. The normalized spacial score (nSPS) is 18.4. The summed E-state index contributed by atoms with van der Waals surface area (Å²) in [7, 11) is 0. The van der Waals surface area contributed by atoms with E-state index >= 15 is 0 Å². The van der Waals surface area contributed by atoms with Crippen molar-refractivity contribution >= 4 is 11.8 Å². The van der Waals surface area contributed by atoms with E-state index in [0.29, 0.717) is 13.1 Å². The monoisotopic (exact) mass is 419 g/mol. The molecular formula is C25H45N3O2. The van der Waals surface area contributed by atoms with Crippen LogP contribution in [-0.2, 0) is 4.79 Å². The summed E-state index contributed by atoms with van der Waals surface area (Å²) in [5.41, 5.74) is 5.69. The lowest BCUT2D eigenvalue weighted by Gasteiger charge is -2.32. The van der Waals surface area contributed by atoms with Crippen molar-refractivity contribution in [2.24, 2.45) is 10.7 Å². The fraction of sp³-hybridized carbons (Fsp3) is 0.760. The van der Waals surface area contributed by atoms with Crippen LogP contribution in [0.2, 0.25) is 0 Å². The zero-order valence-corrected chi connectivity index (χ0v) is 19.3. The lowest BCUT2D eigenvalue weighted by Crippen LogP contribution is -2.54. The summed E-state index contributed by atoms with van der Waals surface area (Å²) in [6.07, 6.45) is 27.3. The Morgan fingerprint density at radius 3 is 2.10 bits per heavy atom. The second-order valence-electron chi connectivity index (χ2n) is 8.61. The third-order valence-corrected chi connectivity index (χ3v) is 5.95. The zero-order valence-electron chi connectivity index (χ0n) is 19.3. The summed E-state index contributed by atoms with van der Waals surface area (Å²) in [5, 5.41) is 11.1. The number of nitrogens with zero attached hydrogens (tertiary/aromatic N) is 2. The van der Waals surface area contributed by atoms with Crippen LogP contribution in [0, 0.1) is 0 Å². The maximum Gasteiger partial charge on any atom is 0.208 e. The molecule has 5 heteroatoms. The molecule has 0 aromatic heterocycles. The average molecular weight is 420 g/mol. The number of allylic oxidation sites excluding steroid dienone is 2. The lowest BCUT2D eigenvalue weighted by atomic mass is 10.0. The second kappa shape index (κ2) is 17.2. The van der Waals surface area contributed by atoms with Crippen molar-refractivity contribution in [3.8, 4) is 0 Å². The molecule has 1 atom stereocenters. The van der Waals surface area contributed by atoms with E-state index in [0.717, 1.165) is 25.1 Å². The molecule has 0 radical (unpaired) electrons. The SMILES string of the molecule is CCCCCCCCCCCCCC/C=C/CCC1=NC=C[N+]1(CCN)CC(=O)[O-]. The number of nitrogens with two attached hydrogens (primary N) is 1. The van der Waals surface area contributed by atoms with Crippen molar-refractivity contribution in [1.29, 1.82) is 0 Å². The predicted molar refractivity (Wildman–Crippen MR) is 125 cm³/mol. The van der Waals surface area contributed by atoms with Gasteiger partial charge in [0.25, 0.3) is 0 Å². The van der Waals surface area contributed by atoms with Crippen LogP contribution in [0.25, 0.3) is 0 Å². The Kier molecular flexibility index (Phi) is 15.3. The van der Waals surface area contributed by atoms with Gasteiger partial charge in [0, 0.05) is 13.0 Å². The number of aliphatic imine (C=N–C) groups is 1. The van der Waals surface area contributed by atoms with Gasteiger partial charge in [-0.3, -0.25) is 0 Å². The van der Waals surface area contributed by atoms with Gasteiger partial charge in [-0.15, -0.1) is 0 Å². The van der Waals surface area contributed by atoms with Crippen molar-refractivity contribution in [3.63, 3.8) is 0 Å². The number of aliphatic carboxylic acids is 1. The van der Waals surface area contributed by atoms with Crippen LogP contribution in [0.4, 0.5) is 0 Å². The predicted octanol–water partition coefficient (Wildman–Crippen LogP) is 4.82. The van der Waals surface area contributed by atoms with Gasteiger partial charge in [-0.25, -0.2) is 9.48 Å². The van der Waals surface area contributed by atoms with E-state index in [-0.39, 0.29) is 11.0 Å². The summed E-state index contributed by atoms with van der Waals surface area (Å²) in [6, 6.07) is 0. The lowest BCUT2D eigenvalue weighted by molar-refractivity contribution is -0.780. The molecule has 1 rings (SSSR count). The molecule has 1 aliphatic rings. The summed E-state index contributed by atoms with van der Waals surface area (Å²) >= 11 is 0. The van der Waals surface area contributed by atoms with Crippen LogP contribution in [0.3, 0.4) is 0 Å². The average Bonchev–Trinajstić information content (AvgIpc) is 3.09. The van der Waals surface area contributed by atoms with Crippen molar-refractivity contribution < 1.29 is 14.4 Å². The summed E-state index contributed by atoms with van der Waals surface area (Å²) < 4.78 is 0.214. The number of rotatable bonds is 20. The molecule has 0 aromatic carbocycles. The number of hydrogen-bond donors (Lipinski definition) is 1. The molecule has 0 spiro atoms. The molecule has 30 heavy (non-hydrogen) atoms. The third-order valence-electron chi connectivity index (χ3n) is 5.95. The molecule has 0 saturated heterocycles. The van der Waals surface area contributed by atoms with Crippen LogP contribution < -0.4 is 10.8 Å². The van der Waals surface area contributed by atoms with Crippen molar-refractivity contribution in [2.75, 3.05) is 19.6 Å². The number of amidine groups is 1. The number of carboxylic acids is 1. The molecule has 0 aromatic rings. The van der Waals surface area contributed by atoms with Gasteiger partial charge in [-0.2, -0.15) is 0 Å². The van der Waals surface area contributed by atoms with Crippen LogP contribution in [-0.4, -0.2) is 35.9 Å². The van der Waals surface area contributed by atoms with Gasteiger partial charge < -0.3 is 15.6 Å². The molecular weight excluding hydrogens is 374 g/mol. The molecule has 1 aliphatic heterocycles. The molecule has 172 valence electrons. The highest BCUT2D eigenvalue weighted by Gasteiger charge is 2.34. The molecule has 0 saturated carbocycles. The number of carbonyl (C=O) groups excluding carboxylic acids is 1. The van der Waals surface area contributed by atoms with Gasteiger partial charge in [0.1, 0.15) is 19.3 Å². The summed E-state index contributed by atoms with van der Waals surface area (Å²) in [4.78, 5) is 15.5. The Hall–Kier alpha value is -1.46. The minimum absolute atomic E-state index is 0.0882. The van der Waals surface area contributed by atoms with E-state index in [1.54, 1.807) is 6.20 Å². The number of quaternary nitrogens is 1. The first-order valence-electron chi connectivity index (χ1n) is 12.3. The van der Waals surface area contributed by atoms with E-state index in [2.05, 4.69) is 24.1 Å². The standard InChI is InChI=1S/C25H45N3O2/c1-2-3-4-5-6-7-8-9-10-11-12-13-14-15-16-17-18-24-27-20-22-28(24,21-19-26)23-25(29)30/h15-16,20,22H,2-14,17-19,21,23,26H2,1H3/b16-15+. The third kappa shape index (κ3) is 11.7. The molecule has 0 aliphatic carbocycles. The van der Waals surface area contributed by atoms with Gasteiger partial charge in [-0.05, 0) is 19.3 Å². The Morgan fingerprint density at radius 1 is 0.967 bits per heavy atom. The van der Waals surface area contributed by atoms with Gasteiger partial charge >= 0.3 is 0 Å². The van der Waals surface area contributed by atoms with Crippen LogP contribution in [0.1, 0.15) is 103 Å². The van der Waals surface area contributed by atoms with Crippen LogP contribution in [0.15, 0.2) is 29.5 Å². The topological polar surface area (TPSA) is 78.5 Å². The van der Waals surface area contributed by atoms with E-state index in [9.17, 15) is 9.90 Å². The van der Waals surface area contributed by atoms with E-state index in [1.807, 2.05) is 6.20 Å². The van der Waals surface area contributed by atoms with E-state index in [4.69, 9.17) is 5.73 Å². The number of unbranched alkanes of at least 4 members (excludes halogenated alkanes) is 12. The summed E-state index contributed by atoms with van der Waals surface area (Å²) in [5.74, 6) is -0.190. The maximum atomic E-state index is 11.1. The molecule has 1 unspecified atom stereocenters. The molecule has 0 fully saturated rings. The Balaban J connectivity index is 2.02. The molecule has 1 heterocycles. The van der Waals surface area contributed by atoms with Gasteiger partial charge in [0.05, 0.1) is 12.2 Å². The highest BCUT2D eigenvalue weighted by molar-refractivity contribution is 5.81. The van der Waals surface area contributed by atoms with Crippen LogP contribution in [0.5, 0.6) is 0 Å². The first kappa shape index (κ1) is 26.6. The second-order valence-corrected chi connectivity index (χ2v) is 8.61. The quantitative estimate of drug-likeness (QED) is 0.174. The fourth-order valence-electron chi connectivity index (χ4n) is 4.17. The van der Waals surface area contributed by atoms with Crippen molar-refractivity contribution in [1.82, 2.24) is 0 Å². The minimum Gasteiger partial charge on any atom is -0.544 e. The van der Waals surface area contributed by atoms with E-state index < -0.39 is 5.97 Å².